The molecule has 0 heterocycles. The van der Waals surface area contributed by atoms with Crippen LogP contribution in [0.2, 0.25) is 0 Å². The van der Waals surface area contributed by atoms with Crippen LogP contribution in [0.5, 0.6) is 5.75 Å². The summed E-state index contributed by atoms with van der Waals surface area (Å²) < 4.78 is 5.52. The molecular formula is C19H23NO3Si. The molecule has 0 radical (unpaired) electrons. The second-order valence-corrected chi connectivity index (χ2v) is 6.92. The summed E-state index contributed by atoms with van der Waals surface area (Å²) in [5, 5.41) is 11.0. The lowest BCUT2D eigenvalue weighted by molar-refractivity contribution is -0.384. The molecule has 3 rings (SSSR count). The van der Waals surface area contributed by atoms with Crippen molar-refractivity contribution < 1.29 is 9.35 Å². The first kappa shape index (κ1) is 16.7. The number of fused-ring (bicyclic) bond motifs is 1. The van der Waals surface area contributed by atoms with Gasteiger partial charge in [0.2, 0.25) is 10.5 Å². The number of nitro groups is 1. The average molecular weight is 341 g/mol. The molecule has 0 amide bonds. The summed E-state index contributed by atoms with van der Waals surface area (Å²) in [6.45, 7) is 2.20. The van der Waals surface area contributed by atoms with Gasteiger partial charge in [0.05, 0.1) is 4.92 Å². The second kappa shape index (κ2) is 6.77. The number of benzene rings is 2. The van der Waals surface area contributed by atoms with Crippen LogP contribution in [0.3, 0.4) is 0 Å². The first-order chi connectivity index (χ1) is 11.6. The Morgan fingerprint density at radius 1 is 1.25 bits per heavy atom. The monoisotopic (exact) mass is 341 g/mol. The lowest BCUT2D eigenvalue weighted by atomic mass is 9.64. The number of hydrogen-bond acceptors (Lipinski definition) is 3. The highest BCUT2D eigenvalue weighted by atomic mass is 28.2. The Morgan fingerprint density at radius 3 is 2.62 bits per heavy atom. The number of non-ortho nitro benzene ring substituents is 1. The molecule has 0 spiro atoms. The van der Waals surface area contributed by atoms with E-state index in [1.54, 1.807) is 12.1 Å². The van der Waals surface area contributed by atoms with Crippen LogP contribution in [-0.2, 0) is 11.8 Å². The molecule has 1 atom stereocenters. The maximum atomic E-state index is 11.0. The molecule has 0 saturated heterocycles. The highest BCUT2D eigenvalue weighted by Gasteiger charge is 2.37. The van der Waals surface area contributed by atoms with Crippen molar-refractivity contribution in [1.82, 2.24) is 0 Å². The molecule has 4 nitrogen and oxygen atoms in total. The standard InChI is InChI=1S/C19H23NO3Si/c1-2-11-19(15-5-7-16(8-6-15)20(21)22)12-3-4-14-13-17(23-24)9-10-18(14)19/h5-10,13H,2-4,11-12H2,1,24H3. The second-order valence-electron chi connectivity index (χ2n) is 6.51. The summed E-state index contributed by atoms with van der Waals surface area (Å²) >= 11 is 0. The minimum Gasteiger partial charge on any atom is -0.553 e. The quantitative estimate of drug-likeness (QED) is 0.473. The molecule has 0 N–H and O–H groups in total. The average Bonchev–Trinajstić information content (AvgIpc) is 2.61. The molecule has 0 aromatic heterocycles. The Kier molecular flexibility index (Phi) is 4.71. The summed E-state index contributed by atoms with van der Waals surface area (Å²) in [4.78, 5) is 10.6. The predicted octanol–water partition coefficient (Wildman–Crippen LogP) is 3.68. The third-order valence-corrected chi connectivity index (χ3v) is 5.66. The molecule has 1 aliphatic rings. The van der Waals surface area contributed by atoms with Gasteiger partial charge in [-0.25, -0.2) is 0 Å². The van der Waals surface area contributed by atoms with Gasteiger partial charge in [0, 0.05) is 17.5 Å². The van der Waals surface area contributed by atoms with Gasteiger partial charge >= 0.3 is 0 Å². The van der Waals surface area contributed by atoms with Crippen LogP contribution < -0.4 is 4.43 Å². The van der Waals surface area contributed by atoms with E-state index in [2.05, 4.69) is 25.1 Å². The van der Waals surface area contributed by atoms with Crippen molar-refractivity contribution in [3.63, 3.8) is 0 Å². The van der Waals surface area contributed by atoms with Gasteiger partial charge in [-0.1, -0.05) is 31.5 Å². The lowest BCUT2D eigenvalue weighted by Crippen LogP contribution is -2.32. The third-order valence-electron chi connectivity index (χ3n) is 5.19. The summed E-state index contributed by atoms with van der Waals surface area (Å²) in [5.41, 5.74) is 4.03. The van der Waals surface area contributed by atoms with E-state index in [4.69, 9.17) is 4.43 Å². The van der Waals surface area contributed by atoms with E-state index in [1.165, 1.54) is 16.7 Å². The molecule has 1 aliphatic carbocycles. The predicted molar refractivity (Wildman–Crippen MR) is 98.7 cm³/mol. The van der Waals surface area contributed by atoms with Crippen molar-refractivity contribution in [2.75, 3.05) is 0 Å². The van der Waals surface area contributed by atoms with Crippen LogP contribution in [0.25, 0.3) is 0 Å². The van der Waals surface area contributed by atoms with E-state index in [9.17, 15) is 10.1 Å². The summed E-state index contributed by atoms with van der Waals surface area (Å²) in [6, 6.07) is 13.6. The molecule has 24 heavy (non-hydrogen) atoms. The number of rotatable bonds is 5. The Labute approximate surface area is 145 Å². The van der Waals surface area contributed by atoms with Crippen LogP contribution in [0, 0.1) is 10.1 Å². The fourth-order valence-electron chi connectivity index (χ4n) is 4.12. The Balaban J connectivity index is 2.11. The lowest BCUT2D eigenvalue weighted by Gasteiger charge is -2.40. The van der Waals surface area contributed by atoms with Gasteiger partial charge in [0.25, 0.3) is 5.69 Å². The maximum Gasteiger partial charge on any atom is 0.269 e. The summed E-state index contributed by atoms with van der Waals surface area (Å²) in [5.74, 6) is 0.955. The highest BCUT2D eigenvalue weighted by Crippen LogP contribution is 2.47. The summed E-state index contributed by atoms with van der Waals surface area (Å²) in [6.07, 6.45) is 5.43. The highest BCUT2D eigenvalue weighted by molar-refractivity contribution is 5.99. The molecule has 1 unspecified atom stereocenters. The normalized spacial score (nSPS) is 19.7. The van der Waals surface area contributed by atoms with Gasteiger partial charge in [-0.2, -0.15) is 0 Å². The van der Waals surface area contributed by atoms with Gasteiger partial charge in [-0.15, -0.1) is 0 Å². The van der Waals surface area contributed by atoms with Crippen molar-refractivity contribution in [1.29, 1.82) is 0 Å². The van der Waals surface area contributed by atoms with E-state index >= 15 is 0 Å². The number of aryl methyl sites for hydroxylation is 1. The van der Waals surface area contributed by atoms with Crippen LogP contribution in [-0.4, -0.2) is 15.4 Å². The molecule has 0 bridgehead atoms. The van der Waals surface area contributed by atoms with E-state index in [0.29, 0.717) is 10.5 Å². The van der Waals surface area contributed by atoms with E-state index in [0.717, 1.165) is 37.9 Å². The van der Waals surface area contributed by atoms with Crippen LogP contribution in [0.1, 0.15) is 49.3 Å². The van der Waals surface area contributed by atoms with Crippen molar-refractivity contribution in [2.24, 2.45) is 0 Å². The van der Waals surface area contributed by atoms with Crippen molar-refractivity contribution in [3.8, 4) is 5.75 Å². The van der Waals surface area contributed by atoms with Gasteiger partial charge in [0.15, 0.2) is 0 Å². The Hall–Kier alpha value is -2.14. The maximum absolute atomic E-state index is 11.0. The molecule has 0 fully saturated rings. The van der Waals surface area contributed by atoms with Gasteiger partial charge < -0.3 is 4.43 Å². The van der Waals surface area contributed by atoms with E-state index in [-0.39, 0.29) is 16.0 Å². The number of nitrogens with zero attached hydrogens (tertiary/aromatic N) is 1. The largest absolute Gasteiger partial charge is 0.553 e. The fraction of sp³-hybridized carbons (Fsp3) is 0.368. The molecular weight excluding hydrogens is 318 g/mol. The van der Waals surface area contributed by atoms with Gasteiger partial charge in [0.1, 0.15) is 5.75 Å². The van der Waals surface area contributed by atoms with Crippen LogP contribution >= 0.6 is 0 Å². The minimum atomic E-state index is -0.333. The van der Waals surface area contributed by atoms with Gasteiger partial charge in [-0.3, -0.25) is 10.1 Å². The van der Waals surface area contributed by atoms with Crippen LogP contribution in [0.4, 0.5) is 5.69 Å². The Bertz CT molecular complexity index is 745. The molecule has 0 saturated carbocycles. The number of hydrogen-bond donors (Lipinski definition) is 0. The van der Waals surface area contributed by atoms with Crippen molar-refractivity contribution >= 4 is 16.2 Å². The van der Waals surface area contributed by atoms with Crippen molar-refractivity contribution in [3.05, 3.63) is 69.3 Å². The smallest absolute Gasteiger partial charge is 0.269 e. The van der Waals surface area contributed by atoms with Crippen molar-refractivity contribution in [2.45, 2.75) is 44.4 Å². The molecule has 5 heteroatoms. The van der Waals surface area contributed by atoms with Gasteiger partial charge in [-0.05, 0) is 54.5 Å². The fourth-order valence-corrected chi connectivity index (χ4v) is 4.37. The number of nitro benzene ring substituents is 1. The zero-order valence-electron chi connectivity index (χ0n) is 14.2. The first-order valence-electron chi connectivity index (χ1n) is 8.53. The molecule has 0 aliphatic heterocycles. The molecule has 126 valence electrons. The molecule has 2 aromatic carbocycles. The topological polar surface area (TPSA) is 52.4 Å². The van der Waals surface area contributed by atoms with Crippen LogP contribution in [0.15, 0.2) is 42.5 Å². The minimum absolute atomic E-state index is 0.0405. The SMILES string of the molecule is CCCC1(c2ccc([N+](=O)[O-])cc2)CCCc2cc(O[SiH3])ccc21. The zero-order valence-corrected chi connectivity index (χ0v) is 16.2. The first-order valence-corrected chi connectivity index (χ1v) is 9.34. The third kappa shape index (κ3) is 2.84. The zero-order chi connectivity index (χ0) is 17.2. The van der Waals surface area contributed by atoms with E-state index < -0.39 is 0 Å². The Morgan fingerprint density at radius 2 is 2.00 bits per heavy atom. The molecule has 2 aromatic rings. The summed E-state index contributed by atoms with van der Waals surface area (Å²) in [7, 11) is 0.693. The van der Waals surface area contributed by atoms with E-state index in [1.807, 2.05) is 12.1 Å².